The Morgan fingerprint density at radius 3 is 2.48 bits per heavy atom. The Kier molecular flexibility index (Phi) is 7.54. The first kappa shape index (κ1) is 20.8. The van der Waals surface area contributed by atoms with E-state index >= 15 is 0 Å². The van der Waals surface area contributed by atoms with Crippen molar-refractivity contribution >= 4 is 23.4 Å². The highest BCUT2D eigenvalue weighted by molar-refractivity contribution is 5.94. The van der Waals surface area contributed by atoms with Gasteiger partial charge in [0.05, 0.1) is 30.9 Å². The molecule has 1 aromatic carbocycles. The standard InChI is InChI=1S/C21H26N4O4/c1-2-29-21(27)16-3-6-18(7-4-16)24-19-8-5-17(15-23-19)20(26)22-9-10-25-11-13-28-14-12-25/h3-8,15H,2,9-14H2,1H3,(H,22,26)(H,23,24). The zero-order valence-corrected chi connectivity index (χ0v) is 16.5. The molecule has 0 unspecified atom stereocenters. The van der Waals surface area contributed by atoms with Crippen LogP contribution >= 0.6 is 0 Å². The number of anilines is 2. The molecule has 0 saturated carbocycles. The Hall–Kier alpha value is -2.97. The van der Waals surface area contributed by atoms with Crippen LogP contribution in [0.2, 0.25) is 0 Å². The Bertz CT molecular complexity index is 802. The number of esters is 1. The van der Waals surface area contributed by atoms with E-state index in [0.29, 0.717) is 30.1 Å². The van der Waals surface area contributed by atoms with Crippen molar-refractivity contribution in [3.05, 3.63) is 53.7 Å². The number of nitrogens with one attached hydrogen (secondary N) is 2. The molecule has 2 aromatic rings. The van der Waals surface area contributed by atoms with E-state index < -0.39 is 0 Å². The Morgan fingerprint density at radius 2 is 1.83 bits per heavy atom. The van der Waals surface area contributed by atoms with Gasteiger partial charge in [-0.3, -0.25) is 9.69 Å². The number of aromatic nitrogens is 1. The molecule has 154 valence electrons. The molecule has 8 heteroatoms. The zero-order chi connectivity index (χ0) is 20.5. The fraction of sp³-hybridized carbons (Fsp3) is 0.381. The maximum absolute atomic E-state index is 12.3. The average Bonchev–Trinajstić information content (AvgIpc) is 2.75. The average molecular weight is 398 g/mol. The fourth-order valence-electron chi connectivity index (χ4n) is 2.91. The molecule has 1 aliphatic rings. The van der Waals surface area contributed by atoms with Gasteiger partial charge in [-0.2, -0.15) is 0 Å². The quantitative estimate of drug-likeness (QED) is 0.658. The summed E-state index contributed by atoms with van der Waals surface area (Å²) in [7, 11) is 0. The molecule has 0 bridgehead atoms. The molecule has 0 aliphatic carbocycles. The monoisotopic (exact) mass is 398 g/mol. The number of rotatable bonds is 8. The van der Waals surface area contributed by atoms with E-state index in [1.165, 1.54) is 0 Å². The lowest BCUT2D eigenvalue weighted by atomic mass is 10.2. The minimum Gasteiger partial charge on any atom is -0.462 e. The van der Waals surface area contributed by atoms with Crippen LogP contribution in [0.15, 0.2) is 42.6 Å². The van der Waals surface area contributed by atoms with E-state index in [-0.39, 0.29) is 11.9 Å². The van der Waals surface area contributed by atoms with Gasteiger partial charge < -0.3 is 20.1 Å². The first-order valence-corrected chi connectivity index (χ1v) is 9.74. The van der Waals surface area contributed by atoms with Gasteiger partial charge in [0.1, 0.15) is 5.82 Å². The third kappa shape index (κ3) is 6.27. The fourth-order valence-corrected chi connectivity index (χ4v) is 2.91. The van der Waals surface area contributed by atoms with Crippen molar-refractivity contribution in [3.63, 3.8) is 0 Å². The molecule has 1 aromatic heterocycles. The Labute approximate surface area is 170 Å². The maximum atomic E-state index is 12.3. The number of pyridine rings is 1. The van der Waals surface area contributed by atoms with Crippen LogP contribution in [0.3, 0.4) is 0 Å². The number of hydrogen-bond donors (Lipinski definition) is 2. The lowest BCUT2D eigenvalue weighted by Crippen LogP contribution is -2.41. The van der Waals surface area contributed by atoms with Gasteiger partial charge in [0.15, 0.2) is 0 Å². The summed E-state index contributed by atoms with van der Waals surface area (Å²) in [5.41, 5.74) is 1.79. The van der Waals surface area contributed by atoms with Crippen molar-refractivity contribution in [2.45, 2.75) is 6.92 Å². The van der Waals surface area contributed by atoms with Gasteiger partial charge in [0, 0.05) is 38.1 Å². The molecule has 8 nitrogen and oxygen atoms in total. The summed E-state index contributed by atoms with van der Waals surface area (Å²) in [6.07, 6.45) is 1.54. The van der Waals surface area contributed by atoms with Crippen LogP contribution in [0, 0.1) is 0 Å². The molecule has 0 atom stereocenters. The minimum absolute atomic E-state index is 0.143. The lowest BCUT2D eigenvalue weighted by molar-refractivity contribution is 0.0383. The van der Waals surface area contributed by atoms with Crippen molar-refractivity contribution in [1.29, 1.82) is 0 Å². The molecule has 2 heterocycles. The van der Waals surface area contributed by atoms with E-state index in [9.17, 15) is 9.59 Å². The van der Waals surface area contributed by atoms with Crippen LogP contribution in [0.25, 0.3) is 0 Å². The Balaban J connectivity index is 1.47. The number of carbonyl (C=O) groups is 2. The second-order valence-corrected chi connectivity index (χ2v) is 6.56. The largest absolute Gasteiger partial charge is 0.462 e. The molecule has 0 radical (unpaired) electrons. The van der Waals surface area contributed by atoms with Gasteiger partial charge in [-0.25, -0.2) is 9.78 Å². The number of amides is 1. The van der Waals surface area contributed by atoms with Crippen LogP contribution in [-0.4, -0.2) is 67.8 Å². The maximum Gasteiger partial charge on any atom is 0.338 e. The number of carbonyl (C=O) groups excluding carboxylic acids is 2. The SMILES string of the molecule is CCOC(=O)c1ccc(Nc2ccc(C(=O)NCCN3CCOCC3)cn2)cc1. The molecule has 3 rings (SSSR count). The Morgan fingerprint density at radius 1 is 1.10 bits per heavy atom. The summed E-state index contributed by atoms with van der Waals surface area (Å²) in [5, 5.41) is 6.06. The first-order chi connectivity index (χ1) is 14.2. The second-order valence-electron chi connectivity index (χ2n) is 6.56. The highest BCUT2D eigenvalue weighted by Gasteiger charge is 2.11. The molecular formula is C21H26N4O4. The van der Waals surface area contributed by atoms with E-state index in [1.807, 2.05) is 0 Å². The van der Waals surface area contributed by atoms with Gasteiger partial charge >= 0.3 is 5.97 Å². The third-order valence-corrected chi connectivity index (χ3v) is 4.51. The highest BCUT2D eigenvalue weighted by Crippen LogP contribution is 2.16. The summed E-state index contributed by atoms with van der Waals surface area (Å²) in [5.74, 6) is 0.121. The van der Waals surface area contributed by atoms with Crippen molar-refractivity contribution < 1.29 is 19.1 Å². The lowest BCUT2D eigenvalue weighted by Gasteiger charge is -2.26. The number of hydrogen-bond acceptors (Lipinski definition) is 7. The van der Waals surface area contributed by atoms with Crippen LogP contribution in [-0.2, 0) is 9.47 Å². The van der Waals surface area contributed by atoms with Gasteiger partial charge in [0.2, 0.25) is 0 Å². The topological polar surface area (TPSA) is 92.8 Å². The smallest absolute Gasteiger partial charge is 0.338 e. The predicted octanol–water partition coefficient (Wildman–Crippen LogP) is 2.06. The van der Waals surface area contributed by atoms with Gasteiger partial charge in [0.25, 0.3) is 5.91 Å². The molecule has 2 N–H and O–H groups in total. The molecule has 1 aliphatic heterocycles. The number of nitrogens with zero attached hydrogens (tertiary/aromatic N) is 2. The van der Waals surface area contributed by atoms with Crippen molar-refractivity contribution in [2.75, 3.05) is 51.3 Å². The zero-order valence-electron chi connectivity index (χ0n) is 16.5. The molecule has 1 saturated heterocycles. The van der Waals surface area contributed by atoms with Crippen molar-refractivity contribution in [1.82, 2.24) is 15.2 Å². The number of morpholine rings is 1. The highest BCUT2D eigenvalue weighted by atomic mass is 16.5. The molecular weight excluding hydrogens is 372 g/mol. The molecule has 0 spiro atoms. The summed E-state index contributed by atoms with van der Waals surface area (Å²) in [4.78, 5) is 30.5. The third-order valence-electron chi connectivity index (χ3n) is 4.51. The van der Waals surface area contributed by atoms with Crippen LogP contribution in [0.4, 0.5) is 11.5 Å². The first-order valence-electron chi connectivity index (χ1n) is 9.74. The summed E-state index contributed by atoms with van der Waals surface area (Å²) >= 11 is 0. The van der Waals surface area contributed by atoms with Crippen molar-refractivity contribution in [3.8, 4) is 0 Å². The van der Waals surface area contributed by atoms with E-state index in [1.54, 1.807) is 49.5 Å². The van der Waals surface area contributed by atoms with E-state index in [2.05, 4.69) is 20.5 Å². The summed E-state index contributed by atoms with van der Waals surface area (Å²) < 4.78 is 10.3. The molecule has 1 fully saturated rings. The van der Waals surface area contributed by atoms with Gasteiger partial charge in [-0.05, 0) is 43.3 Å². The minimum atomic E-state index is -0.346. The molecule has 29 heavy (non-hydrogen) atoms. The summed E-state index contributed by atoms with van der Waals surface area (Å²) in [6, 6.07) is 10.4. The van der Waals surface area contributed by atoms with Gasteiger partial charge in [-0.15, -0.1) is 0 Å². The van der Waals surface area contributed by atoms with Gasteiger partial charge in [-0.1, -0.05) is 0 Å². The number of benzene rings is 1. The van der Waals surface area contributed by atoms with E-state index in [4.69, 9.17) is 9.47 Å². The van der Waals surface area contributed by atoms with Crippen molar-refractivity contribution in [2.24, 2.45) is 0 Å². The second kappa shape index (κ2) is 10.5. The van der Waals surface area contributed by atoms with Crippen LogP contribution in [0.1, 0.15) is 27.6 Å². The molecule has 1 amide bonds. The number of ether oxygens (including phenoxy) is 2. The predicted molar refractivity (Wildman–Crippen MR) is 110 cm³/mol. The summed E-state index contributed by atoms with van der Waals surface area (Å²) in [6.45, 7) is 6.81. The van der Waals surface area contributed by atoms with Crippen LogP contribution in [0.5, 0.6) is 0 Å². The van der Waals surface area contributed by atoms with E-state index in [0.717, 1.165) is 38.5 Å². The van der Waals surface area contributed by atoms with Crippen LogP contribution < -0.4 is 10.6 Å². The normalized spacial score (nSPS) is 14.2.